The normalized spacial score (nSPS) is 12.3. The van der Waals surface area contributed by atoms with Gasteiger partial charge in [0.25, 0.3) is 5.91 Å². The Bertz CT molecular complexity index is 886. The van der Waals surface area contributed by atoms with Crippen molar-refractivity contribution in [3.63, 3.8) is 0 Å². The number of halogens is 2. The lowest BCUT2D eigenvalue weighted by Gasteiger charge is -2.17. The Morgan fingerprint density at radius 3 is 2.50 bits per heavy atom. The molecule has 124 valence electrons. The minimum atomic E-state index is -0.162. The second-order valence-corrected chi connectivity index (χ2v) is 7.54. The summed E-state index contributed by atoms with van der Waals surface area (Å²) in [6.07, 6.45) is 0.804. The molecule has 5 heteroatoms. The number of aryl methyl sites for hydroxylation is 1. The van der Waals surface area contributed by atoms with Gasteiger partial charge in [0.05, 0.1) is 16.1 Å². The smallest absolute Gasteiger partial charge is 0.263 e. The van der Waals surface area contributed by atoms with E-state index in [1.165, 1.54) is 16.9 Å². The molecule has 0 bridgehead atoms. The molecule has 0 aliphatic heterocycles. The van der Waals surface area contributed by atoms with Crippen LogP contribution in [-0.4, -0.2) is 5.91 Å². The highest BCUT2D eigenvalue weighted by molar-refractivity contribution is 7.21. The van der Waals surface area contributed by atoms with Gasteiger partial charge in [0.2, 0.25) is 0 Å². The number of carbonyl (C=O) groups excluding carboxylic acids is 1. The molecule has 1 aromatic heterocycles. The van der Waals surface area contributed by atoms with Crippen molar-refractivity contribution in [2.75, 3.05) is 0 Å². The molecule has 0 aliphatic carbocycles. The maximum atomic E-state index is 12.7. The maximum absolute atomic E-state index is 12.7. The minimum absolute atomic E-state index is 0.0464. The van der Waals surface area contributed by atoms with E-state index in [9.17, 15) is 4.79 Å². The topological polar surface area (TPSA) is 29.1 Å². The van der Waals surface area contributed by atoms with E-state index in [2.05, 4.69) is 17.4 Å². The number of hydrogen-bond donors (Lipinski definition) is 1. The van der Waals surface area contributed by atoms with Crippen molar-refractivity contribution in [1.82, 2.24) is 5.32 Å². The van der Waals surface area contributed by atoms with Crippen molar-refractivity contribution in [2.24, 2.45) is 0 Å². The van der Waals surface area contributed by atoms with Gasteiger partial charge in [-0.15, -0.1) is 11.3 Å². The van der Waals surface area contributed by atoms with Crippen LogP contribution in [0.4, 0.5) is 0 Å². The van der Waals surface area contributed by atoms with Gasteiger partial charge in [-0.05, 0) is 31.0 Å². The van der Waals surface area contributed by atoms with Crippen LogP contribution in [0, 0.1) is 6.92 Å². The number of fused-ring (bicyclic) bond motifs is 1. The van der Waals surface area contributed by atoms with Crippen molar-refractivity contribution in [2.45, 2.75) is 26.3 Å². The number of nitrogens with one attached hydrogen (secondary N) is 1. The number of amides is 1. The molecule has 24 heavy (non-hydrogen) atoms. The van der Waals surface area contributed by atoms with E-state index in [0.717, 1.165) is 22.1 Å². The third-order valence-corrected chi connectivity index (χ3v) is 5.96. The molecule has 0 fully saturated rings. The van der Waals surface area contributed by atoms with Gasteiger partial charge in [0, 0.05) is 10.1 Å². The molecule has 0 saturated heterocycles. The van der Waals surface area contributed by atoms with Gasteiger partial charge < -0.3 is 5.32 Å². The van der Waals surface area contributed by atoms with Crippen LogP contribution in [0.3, 0.4) is 0 Å². The van der Waals surface area contributed by atoms with Crippen molar-refractivity contribution >= 4 is 50.5 Å². The lowest BCUT2D eigenvalue weighted by Crippen LogP contribution is -2.27. The van der Waals surface area contributed by atoms with Crippen LogP contribution in [0.15, 0.2) is 42.5 Å². The second-order valence-electron chi connectivity index (χ2n) is 5.70. The van der Waals surface area contributed by atoms with Crippen molar-refractivity contribution in [1.29, 1.82) is 0 Å². The van der Waals surface area contributed by atoms with Gasteiger partial charge in [-0.1, -0.05) is 66.0 Å². The van der Waals surface area contributed by atoms with Gasteiger partial charge in [0.15, 0.2) is 0 Å². The summed E-state index contributed by atoms with van der Waals surface area (Å²) in [6.45, 7) is 4.10. The fourth-order valence-corrected chi connectivity index (χ4v) is 4.52. The molecule has 0 saturated carbocycles. The Balaban J connectivity index is 1.90. The predicted octanol–water partition coefficient (Wildman–Crippen LogP) is 6.40. The van der Waals surface area contributed by atoms with E-state index in [1.54, 1.807) is 6.07 Å². The number of rotatable bonds is 4. The Morgan fingerprint density at radius 1 is 1.17 bits per heavy atom. The molecule has 2 aromatic carbocycles. The molecule has 1 atom stereocenters. The van der Waals surface area contributed by atoms with Crippen LogP contribution in [0.1, 0.15) is 40.2 Å². The molecule has 3 aromatic rings. The summed E-state index contributed by atoms with van der Waals surface area (Å²) in [5, 5.41) is 4.83. The molecule has 0 spiro atoms. The molecule has 0 unspecified atom stereocenters. The summed E-state index contributed by atoms with van der Waals surface area (Å²) in [7, 11) is 0. The first-order valence-corrected chi connectivity index (χ1v) is 9.32. The first kappa shape index (κ1) is 17.3. The standard InChI is InChI=1S/C19H17Cl2NOS/c1-3-14(12-9-7-11(2)8-10-12)22-19(23)18-17(21)16-13(20)5-4-6-15(16)24-18/h4-10,14H,3H2,1-2H3,(H,22,23)/t14-/m0/s1. The Morgan fingerprint density at radius 2 is 1.88 bits per heavy atom. The Labute approximate surface area is 155 Å². The molecule has 3 rings (SSSR count). The summed E-state index contributed by atoms with van der Waals surface area (Å²) >= 11 is 14.0. The molecule has 1 N–H and O–H groups in total. The molecule has 0 radical (unpaired) electrons. The third-order valence-electron chi connectivity index (χ3n) is 4.01. The van der Waals surface area contributed by atoms with Gasteiger partial charge >= 0.3 is 0 Å². The average Bonchev–Trinajstić information content (AvgIpc) is 2.92. The number of hydrogen-bond acceptors (Lipinski definition) is 2. The minimum Gasteiger partial charge on any atom is -0.345 e. The third kappa shape index (κ3) is 3.30. The van der Waals surface area contributed by atoms with Crippen LogP contribution in [0.5, 0.6) is 0 Å². The van der Waals surface area contributed by atoms with Crippen LogP contribution in [0.25, 0.3) is 10.1 Å². The van der Waals surface area contributed by atoms with E-state index in [4.69, 9.17) is 23.2 Å². The van der Waals surface area contributed by atoms with Crippen LogP contribution >= 0.6 is 34.5 Å². The zero-order valence-corrected chi connectivity index (χ0v) is 15.7. The lowest BCUT2D eigenvalue weighted by atomic mass is 10.0. The summed E-state index contributed by atoms with van der Waals surface area (Å²) in [6, 6.07) is 13.7. The summed E-state index contributed by atoms with van der Waals surface area (Å²) in [4.78, 5) is 13.2. The van der Waals surface area contributed by atoms with Crippen LogP contribution in [0.2, 0.25) is 10.0 Å². The Kier molecular flexibility index (Phi) is 5.14. The maximum Gasteiger partial charge on any atom is 0.263 e. The average molecular weight is 378 g/mol. The largest absolute Gasteiger partial charge is 0.345 e. The molecule has 0 aliphatic rings. The fourth-order valence-electron chi connectivity index (χ4n) is 2.66. The van der Waals surface area contributed by atoms with Gasteiger partial charge in [-0.3, -0.25) is 4.79 Å². The molecule has 1 heterocycles. The highest BCUT2D eigenvalue weighted by Gasteiger charge is 2.21. The summed E-state index contributed by atoms with van der Waals surface area (Å²) < 4.78 is 0.918. The second kappa shape index (κ2) is 7.14. The van der Waals surface area contributed by atoms with E-state index in [-0.39, 0.29) is 11.9 Å². The number of carbonyl (C=O) groups is 1. The van der Waals surface area contributed by atoms with E-state index in [1.807, 2.05) is 38.1 Å². The molecule has 1 amide bonds. The van der Waals surface area contributed by atoms with Gasteiger partial charge in [-0.2, -0.15) is 0 Å². The van der Waals surface area contributed by atoms with E-state index < -0.39 is 0 Å². The first-order valence-electron chi connectivity index (χ1n) is 7.75. The molecule has 2 nitrogen and oxygen atoms in total. The monoisotopic (exact) mass is 377 g/mol. The fraction of sp³-hybridized carbons (Fsp3) is 0.211. The molecular weight excluding hydrogens is 361 g/mol. The van der Waals surface area contributed by atoms with Crippen molar-refractivity contribution in [3.05, 3.63) is 68.5 Å². The quantitative estimate of drug-likeness (QED) is 0.559. The highest BCUT2D eigenvalue weighted by atomic mass is 35.5. The van der Waals surface area contributed by atoms with E-state index in [0.29, 0.717) is 14.9 Å². The Hall–Kier alpha value is -1.55. The highest BCUT2D eigenvalue weighted by Crippen LogP contribution is 2.39. The number of thiophene rings is 1. The predicted molar refractivity (Wildman–Crippen MR) is 104 cm³/mol. The number of benzene rings is 2. The van der Waals surface area contributed by atoms with Crippen molar-refractivity contribution in [3.8, 4) is 0 Å². The lowest BCUT2D eigenvalue weighted by molar-refractivity contribution is 0.0940. The van der Waals surface area contributed by atoms with E-state index >= 15 is 0 Å². The molecular formula is C19H17Cl2NOS. The summed E-state index contributed by atoms with van der Waals surface area (Å²) in [5.41, 5.74) is 2.29. The van der Waals surface area contributed by atoms with Crippen molar-refractivity contribution < 1.29 is 4.79 Å². The zero-order chi connectivity index (χ0) is 17.3. The van der Waals surface area contributed by atoms with Crippen LogP contribution < -0.4 is 5.32 Å². The van der Waals surface area contributed by atoms with Gasteiger partial charge in [-0.25, -0.2) is 0 Å². The SMILES string of the molecule is CC[C@H](NC(=O)c1sc2cccc(Cl)c2c1Cl)c1ccc(C)cc1. The summed E-state index contributed by atoms with van der Waals surface area (Å²) in [5.74, 6) is -0.162. The first-order chi connectivity index (χ1) is 11.5. The van der Waals surface area contributed by atoms with Gasteiger partial charge in [0.1, 0.15) is 4.88 Å². The van der Waals surface area contributed by atoms with Crippen LogP contribution in [-0.2, 0) is 0 Å². The zero-order valence-electron chi connectivity index (χ0n) is 13.4.